The molecule has 0 saturated heterocycles. The van der Waals surface area contributed by atoms with Crippen molar-refractivity contribution in [3.05, 3.63) is 108 Å². The minimum Gasteiger partial charge on any atom is -0.352 e. The molecule has 0 saturated carbocycles. The smallest absolute Gasteiger partial charge is 0.261 e. The molecule has 1 aliphatic rings. The molecule has 0 unspecified atom stereocenters. The Kier molecular flexibility index (Phi) is 6.22. The van der Waals surface area contributed by atoms with E-state index in [0.29, 0.717) is 24.1 Å². The van der Waals surface area contributed by atoms with E-state index in [1.54, 1.807) is 24.3 Å². The van der Waals surface area contributed by atoms with Gasteiger partial charge in [-0.25, -0.2) is 4.68 Å². The molecule has 2 heterocycles. The number of imide groups is 1. The quantitative estimate of drug-likeness (QED) is 0.396. The highest BCUT2D eigenvalue weighted by Crippen LogP contribution is 2.24. The van der Waals surface area contributed by atoms with Crippen molar-refractivity contribution >= 4 is 17.7 Å². The van der Waals surface area contributed by atoms with Crippen molar-refractivity contribution in [3.8, 4) is 16.9 Å². The van der Waals surface area contributed by atoms with Crippen molar-refractivity contribution in [2.24, 2.45) is 0 Å². The van der Waals surface area contributed by atoms with Gasteiger partial charge in [-0.2, -0.15) is 5.10 Å². The SMILES string of the molecule is O=C(CCCN1C(=O)c2ccccc2C1=O)NCc1cn(-c2ccccc2)nc1-c1ccccc1. The minimum atomic E-state index is -0.299. The molecule has 7 heteroatoms. The maximum absolute atomic E-state index is 12.6. The Hall–Kier alpha value is -4.52. The van der Waals surface area contributed by atoms with Gasteiger partial charge in [-0.3, -0.25) is 19.3 Å². The fourth-order valence-corrected chi connectivity index (χ4v) is 4.21. The molecule has 3 aromatic carbocycles. The van der Waals surface area contributed by atoms with Gasteiger partial charge in [-0.1, -0.05) is 60.7 Å². The van der Waals surface area contributed by atoms with Crippen LogP contribution >= 0.6 is 0 Å². The maximum Gasteiger partial charge on any atom is 0.261 e. The number of benzene rings is 3. The van der Waals surface area contributed by atoms with Crippen molar-refractivity contribution in [1.29, 1.82) is 0 Å². The molecule has 0 bridgehead atoms. The van der Waals surface area contributed by atoms with E-state index >= 15 is 0 Å². The lowest BCUT2D eigenvalue weighted by Crippen LogP contribution is -2.32. The third kappa shape index (κ3) is 4.61. The van der Waals surface area contributed by atoms with Crippen LogP contribution in [0.3, 0.4) is 0 Å². The number of aromatic nitrogens is 2. The first-order chi connectivity index (χ1) is 17.1. The van der Waals surface area contributed by atoms with Gasteiger partial charge in [0, 0.05) is 36.8 Å². The molecule has 0 spiro atoms. The standard InChI is InChI=1S/C28H24N4O3/c33-25(16-9-17-31-27(34)23-14-7-8-15-24(23)28(31)35)29-18-21-19-32(22-12-5-2-6-13-22)30-26(21)20-10-3-1-4-11-20/h1-8,10-15,19H,9,16-18H2,(H,29,33). The number of rotatable bonds is 8. The first-order valence-electron chi connectivity index (χ1n) is 11.5. The lowest BCUT2D eigenvalue weighted by molar-refractivity contribution is -0.121. The van der Waals surface area contributed by atoms with Gasteiger partial charge in [0.25, 0.3) is 11.8 Å². The van der Waals surface area contributed by atoms with Crippen LogP contribution in [0.4, 0.5) is 0 Å². The van der Waals surface area contributed by atoms with Gasteiger partial charge in [0.2, 0.25) is 5.91 Å². The van der Waals surface area contributed by atoms with Gasteiger partial charge in [-0.05, 0) is 30.7 Å². The highest BCUT2D eigenvalue weighted by molar-refractivity contribution is 6.21. The lowest BCUT2D eigenvalue weighted by atomic mass is 10.1. The first kappa shape index (κ1) is 22.3. The molecule has 5 rings (SSSR count). The molecule has 0 fully saturated rings. The van der Waals surface area contributed by atoms with Crippen LogP contribution < -0.4 is 5.32 Å². The van der Waals surface area contributed by atoms with E-state index in [0.717, 1.165) is 22.5 Å². The summed E-state index contributed by atoms with van der Waals surface area (Å²) < 4.78 is 1.81. The maximum atomic E-state index is 12.6. The van der Waals surface area contributed by atoms with Gasteiger partial charge in [0.05, 0.1) is 22.5 Å². The van der Waals surface area contributed by atoms with Crippen molar-refractivity contribution in [2.75, 3.05) is 6.54 Å². The molecule has 3 amide bonds. The van der Waals surface area contributed by atoms with Crippen LogP contribution in [0, 0.1) is 0 Å². The van der Waals surface area contributed by atoms with E-state index in [4.69, 9.17) is 5.10 Å². The van der Waals surface area contributed by atoms with Crippen LogP contribution in [0.1, 0.15) is 39.1 Å². The normalized spacial score (nSPS) is 12.6. The van der Waals surface area contributed by atoms with Gasteiger partial charge in [0.1, 0.15) is 0 Å². The van der Waals surface area contributed by atoms with Crippen molar-refractivity contribution in [2.45, 2.75) is 19.4 Å². The third-order valence-electron chi connectivity index (χ3n) is 6.00. The molecule has 1 N–H and O–H groups in total. The van der Waals surface area contributed by atoms with Crippen LogP contribution in [0.15, 0.2) is 91.1 Å². The molecular formula is C28H24N4O3. The van der Waals surface area contributed by atoms with Crippen LogP contribution in [0.2, 0.25) is 0 Å². The number of carbonyl (C=O) groups is 3. The molecule has 174 valence electrons. The largest absolute Gasteiger partial charge is 0.352 e. The zero-order valence-electron chi connectivity index (χ0n) is 19.1. The Bertz CT molecular complexity index is 1340. The molecule has 1 aromatic heterocycles. The van der Waals surface area contributed by atoms with Crippen molar-refractivity contribution < 1.29 is 14.4 Å². The average molecular weight is 465 g/mol. The Balaban J connectivity index is 1.22. The topological polar surface area (TPSA) is 84.3 Å². The number of nitrogens with zero attached hydrogens (tertiary/aromatic N) is 3. The number of fused-ring (bicyclic) bond motifs is 1. The fourth-order valence-electron chi connectivity index (χ4n) is 4.21. The van der Waals surface area contributed by atoms with Crippen LogP contribution in [-0.4, -0.2) is 38.9 Å². The molecule has 0 radical (unpaired) electrons. The molecule has 4 aromatic rings. The molecule has 1 aliphatic heterocycles. The molecule has 0 atom stereocenters. The van der Waals surface area contributed by atoms with Crippen molar-refractivity contribution in [3.63, 3.8) is 0 Å². The third-order valence-corrected chi connectivity index (χ3v) is 6.00. The number of amides is 3. The van der Waals surface area contributed by atoms with Gasteiger partial charge >= 0.3 is 0 Å². The monoisotopic (exact) mass is 464 g/mol. The number of nitrogens with one attached hydrogen (secondary N) is 1. The summed E-state index contributed by atoms with van der Waals surface area (Å²) in [6, 6.07) is 26.4. The fraction of sp³-hybridized carbons (Fsp3) is 0.143. The number of carbonyl (C=O) groups excluding carboxylic acids is 3. The zero-order chi connectivity index (χ0) is 24.2. The highest BCUT2D eigenvalue weighted by Gasteiger charge is 2.34. The Morgan fingerprint density at radius 2 is 1.40 bits per heavy atom. The van der Waals surface area contributed by atoms with Gasteiger partial charge in [-0.15, -0.1) is 0 Å². The van der Waals surface area contributed by atoms with Crippen molar-refractivity contribution in [1.82, 2.24) is 20.0 Å². The summed E-state index contributed by atoms with van der Waals surface area (Å²) in [5, 5.41) is 7.72. The Morgan fingerprint density at radius 3 is 2.06 bits per heavy atom. The highest BCUT2D eigenvalue weighted by atomic mass is 16.2. The molecule has 35 heavy (non-hydrogen) atoms. The number of hydrogen-bond donors (Lipinski definition) is 1. The Morgan fingerprint density at radius 1 is 0.800 bits per heavy atom. The van der Waals surface area contributed by atoms with E-state index in [1.807, 2.05) is 71.5 Å². The summed E-state index contributed by atoms with van der Waals surface area (Å²) in [4.78, 5) is 38.7. The minimum absolute atomic E-state index is 0.145. The predicted molar refractivity (Wildman–Crippen MR) is 132 cm³/mol. The van der Waals surface area contributed by atoms with Crippen LogP contribution in [0.5, 0.6) is 0 Å². The Labute approximate surface area is 203 Å². The van der Waals surface area contributed by atoms with Gasteiger partial charge in [0.15, 0.2) is 0 Å². The van der Waals surface area contributed by atoms with Gasteiger partial charge < -0.3 is 5.32 Å². The summed E-state index contributed by atoms with van der Waals surface area (Å²) in [6.45, 7) is 0.532. The zero-order valence-corrected chi connectivity index (χ0v) is 19.1. The summed E-state index contributed by atoms with van der Waals surface area (Å²) in [7, 11) is 0. The summed E-state index contributed by atoms with van der Waals surface area (Å²) in [5.41, 5.74) is 4.45. The van der Waals surface area contributed by atoms with Crippen LogP contribution in [-0.2, 0) is 11.3 Å². The van der Waals surface area contributed by atoms with E-state index < -0.39 is 0 Å². The molecular weight excluding hydrogens is 440 g/mol. The first-order valence-corrected chi connectivity index (χ1v) is 11.5. The second kappa shape index (κ2) is 9.77. The second-order valence-corrected chi connectivity index (χ2v) is 8.34. The molecule has 0 aliphatic carbocycles. The number of para-hydroxylation sites is 1. The van der Waals surface area contributed by atoms with E-state index in [1.165, 1.54) is 4.90 Å². The van der Waals surface area contributed by atoms with Crippen LogP contribution in [0.25, 0.3) is 16.9 Å². The second-order valence-electron chi connectivity index (χ2n) is 8.34. The van der Waals surface area contributed by atoms with E-state index in [9.17, 15) is 14.4 Å². The average Bonchev–Trinajstić information content (AvgIpc) is 3.44. The number of hydrogen-bond acceptors (Lipinski definition) is 4. The van der Waals surface area contributed by atoms with E-state index in [2.05, 4.69) is 5.32 Å². The van der Waals surface area contributed by atoms with E-state index in [-0.39, 0.29) is 30.7 Å². The summed E-state index contributed by atoms with van der Waals surface area (Å²) in [6.07, 6.45) is 2.53. The lowest BCUT2D eigenvalue weighted by Gasteiger charge is -2.13. The summed E-state index contributed by atoms with van der Waals surface area (Å²) in [5.74, 6) is -0.744. The summed E-state index contributed by atoms with van der Waals surface area (Å²) >= 11 is 0. The predicted octanol–water partition coefficient (Wildman–Crippen LogP) is 4.23. The molecule has 7 nitrogen and oxygen atoms in total.